The molecule has 15 heavy (non-hydrogen) atoms. The molecule has 0 bridgehead atoms. The Bertz CT molecular complexity index is 505. The van der Waals surface area contributed by atoms with Crippen LogP contribution in [0, 0.1) is 0 Å². The van der Waals surface area contributed by atoms with Gasteiger partial charge in [-0.1, -0.05) is 12.1 Å². The van der Waals surface area contributed by atoms with E-state index in [1.165, 1.54) is 5.41 Å². The zero-order chi connectivity index (χ0) is 10.9. The molecule has 0 aliphatic carbocycles. The van der Waals surface area contributed by atoms with Crippen LogP contribution >= 0.6 is 0 Å². The molecule has 0 atom stereocenters. The van der Waals surface area contributed by atoms with E-state index >= 15 is 0 Å². The van der Waals surface area contributed by atoms with Crippen molar-refractivity contribution in [2.75, 3.05) is 13.2 Å². The van der Waals surface area contributed by atoms with E-state index in [9.17, 15) is 8.42 Å². The highest BCUT2D eigenvalue weighted by Crippen LogP contribution is 2.34. The van der Waals surface area contributed by atoms with Gasteiger partial charge in [-0.15, -0.1) is 0 Å². The van der Waals surface area contributed by atoms with Gasteiger partial charge in [0, 0.05) is 12.0 Å². The van der Waals surface area contributed by atoms with Gasteiger partial charge in [0.15, 0.2) is 0 Å². The average Bonchev–Trinajstić information content (AvgIpc) is 2.53. The fourth-order valence-electron chi connectivity index (χ4n) is 1.48. The quantitative estimate of drug-likeness (QED) is 0.825. The van der Waals surface area contributed by atoms with Crippen molar-refractivity contribution >= 4 is 15.9 Å². The summed E-state index contributed by atoms with van der Waals surface area (Å²) in [5.41, 5.74) is 5.97. The molecular formula is C10H11NO3S. The van der Waals surface area contributed by atoms with Crippen molar-refractivity contribution in [1.82, 2.24) is 0 Å². The van der Waals surface area contributed by atoms with Crippen LogP contribution in [0.4, 0.5) is 0 Å². The Labute approximate surface area is 88.3 Å². The minimum atomic E-state index is -3.31. The monoisotopic (exact) mass is 225 g/mol. The van der Waals surface area contributed by atoms with Crippen LogP contribution in [0.25, 0.3) is 6.08 Å². The summed E-state index contributed by atoms with van der Waals surface area (Å²) in [6.07, 6.45) is 1.57. The number of hydrogen-bond acceptors (Lipinski definition) is 4. The molecule has 1 aromatic carbocycles. The fourth-order valence-corrected chi connectivity index (χ4v) is 2.82. The van der Waals surface area contributed by atoms with Crippen LogP contribution in [0.5, 0.6) is 5.75 Å². The number of hydrogen-bond donors (Lipinski definition) is 1. The molecule has 80 valence electrons. The minimum absolute atomic E-state index is 0.249. The van der Waals surface area contributed by atoms with E-state index in [-0.39, 0.29) is 4.90 Å². The number of ether oxygens (including phenoxy) is 1. The molecule has 0 amide bonds. The largest absolute Gasteiger partial charge is 0.491 e. The SMILES string of the molecule is NCCOc1cccc2c1S(=O)(=O)C=C2. The van der Waals surface area contributed by atoms with E-state index in [0.717, 1.165) is 0 Å². The topological polar surface area (TPSA) is 69.4 Å². The lowest BCUT2D eigenvalue weighted by atomic mass is 10.2. The van der Waals surface area contributed by atoms with Crippen molar-refractivity contribution in [3.63, 3.8) is 0 Å². The first-order chi connectivity index (χ1) is 7.15. The van der Waals surface area contributed by atoms with Gasteiger partial charge in [-0.3, -0.25) is 0 Å². The number of sulfone groups is 1. The summed E-state index contributed by atoms with van der Waals surface area (Å²) in [6.45, 7) is 0.670. The molecule has 0 fully saturated rings. The molecule has 0 aromatic heterocycles. The van der Waals surface area contributed by atoms with Gasteiger partial charge < -0.3 is 10.5 Å². The van der Waals surface area contributed by atoms with E-state index < -0.39 is 9.84 Å². The van der Waals surface area contributed by atoms with E-state index in [1.807, 2.05) is 0 Å². The standard InChI is InChI=1S/C10H11NO3S/c11-5-6-14-9-3-1-2-8-4-7-15(12,13)10(8)9/h1-4,7H,5-6,11H2. The Morgan fingerprint density at radius 1 is 1.33 bits per heavy atom. The van der Waals surface area contributed by atoms with Crippen molar-refractivity contribution in [2.24, 2.45) is 5.73 Å². The summed E-state index contributed by atoms with van der Waals surface area (Å²) in [5.74, 6) is 0.378. The molecule has 1 aliphatic rings. The Morgan fingerprint density at radius 3 is 2.87 bits per heavy atom. The molecular weight excluding hydrogens is 214 g/mol. The highest BCUT2D eigenvalue weighted by molar-refractivity contribution is 7.95. The van der Waals surface area contributed by atoms with Crippen LogP contribution in [0.2, 0.25) is 0 Å². The van der Waals surface area contributed by atoms with E-state index in [0.29, 0.717) is 24.5 Å². The van der Waals surface area contributed by atoms with Gasteiger partial charge in [-0.05, 0) is 17.7 Å². The maximum atomic E-state index is 11.6. The molecule has 2 N–H and O–H groups in total. The predicted molar refractivity (Wildman–Crippen MR) is 57.2 cm³/mol. The molecule has 0 radical (unpaired) electrons. The average molecular weight is 225 g/mol. The second-order valence-electron chi connectivity index (χ2n) is 3.16. The summed E-state index contributed by atoms with van der Waals surface area (Å²) >= 11 is 0. The Hall–Kier alpha value is -1.33. The maximum absolute atomic E-state index is 11.6. The molecule has 0 saturated carbocycles. The normalized spacial score (nSPS) is 16.3. The van der Waals surface area contributed by atoms with Gasteiger partial charge in [0.05, 0.1) is 0 Å². The lowest BCUT2D eigenvalue weighted by Crippen LogP contribution is -2.12. The summed E-state index contributed by atoms with van der Waals surface area (Å²) in [6, 6.07) is 5.14. The van der Waals surface area contributed by atoms with Crippen molar-refractivity contribution in [2.45, 2.75) is 4.90 Å². The molecule has 2 rings (SSSR count). The third-order valence-electron chi connectivity index (χ3n) is 2.10. The minimum Gasteiger partial charge on any atom is -0.491 e. The van der Waals surface area contributed by atoms with Gasteiger partial charge >= 0.3 is 0 Å². The van der Waals surface area contributed by atoms with Crippen LogP contribution in [-0.2, 0) is 9.84 Å². The third kappa shape index (κ3) is 1.75. The van der Waals surface area contributed by atoms with E-state index in [4.69, 9.17) is 10.5 Å². The Morgan fingerprint density at radius 2 is 2.13 bits per heavy atom. The molecule has 0 spiro atoms. The Kier molecular flexibility index (Phi) is 2.50. The van der Waals surface area contributed by atoms with Crippen molar-refractivity contribution in [3.05, 3.63) is 29.2 Å². The molecule has 0 unspecified atom stereocenters. The molecule has 5 heteroatoms. The molecule has 1 aliphatic heterocycles. The maximum Gasteiger partial charge on any atom is 0.204 e. The molecule has 0 saturated heterocycles. The zero-order valence-corrected chi connectivity index (χ0v) is 8.83. The van der Waals surface area contributed by atoms with Gasteiger partial charge in [0.2, 0.25) is 9.84 Å². The Balaban J connectivity index is 2.48. The first-order valence-electron chi connectivity index (χ1n) is 4.54. The molecule has 4 nitrogen and oxygen atoms in total. The highest BCUT2D eigenvalue weighted by atomic mass is 32.2. The number of nitrogens with two attached hydrogens (primary N) is 1. The van der Waals surface area contributed by atoms with E-state index in [2.05, 4.69) is 0 Å². The summed E-state index contributed by atoms with van der Waals surface area (Å²) in [5, 5.41) is 1.19. The van der Waals surface area contributed by atoms with Crippen LogP contribution in [0.15, 0.2) is 28.5 Å². The first kappa shape index (κ1) is 10.2. The number of rotatable bonds is 3. The van der Waals surface area contributed by atoms with Gasteiger partial charge in [-0.25, -0.2) is 8.42 Å². The van der Waals surface area contributed by atoms with Crippen LogP contribution < -0.4 is 10.5 Å². The lowest BCUT2D eigenvalue weighted by Gasteiger charge is -2.08. The summed E-state index contributed by atoms with van der Waals surface area (Å²) in [4.78, 5) is 0.249. The zero-order valence-electron chi connectivity index (χ0n) is 8.01. The van der Waals surface area contributed by atoms with Crippen molar-refractivity contribution in [3.8, 4) is 5.75 Å². The van der Waals surface area contributed by atoms with Crippen LogP contribution in [0.3, 0.4) is 0 Å². The third-order valence-corrected chi connectivity index (χ3v) is 3.60. The van der Waals surface area contributed by atoms with Gasteiger partial charge in [-0.2, -0.15) is 0 Å². The van der Waals surface area contributed by atoms with E-state index in [1.54, 1.807) is 24.3 Å². The van der Waals surface area contributed by atoms with Gasteiger partial charge in [0.25, 0.3) is 0 Å². The summed E-state index contributed by atoms with van der Waals surface area (Å²) in [7, 11) is -3.31. The lowest BCUT2D eigenvalue weighted by molar-refractivity contribution is 0.320. The second kappa shape index (κ2) is 3.67. The van der Waals surface area contributed by atoms with Gasteiger partial charge in [0.1, 0.15) is 17.3 Å². The van der Waals surface area contributed by atoms with Crippen LogP contribution in [-0.4, -0.2) is 21.6 Å². The van der Waals surface area contributed by atoms with Crippen molar-refractivity contribution < 1.29 is 13.2 Å². The second-order valence-corrected chi connectivity index (χ2v) is 4.93. The predicted octanol–water partition coefficient (Wildman–Crippen LogP) is 0.782. The van der Waals surface area contributed by atoms with Crippen molar-refractivity contribution in [1.29, 1.82) is 0 Å². The molecule has 1 heterocycles. The highest BCUT2D eigenvalue weighted by Gasteiger charge is 2.24. The fraction of sp³-hybridized carbons (Fsp3) is 0.200. The molecule has 1 aromatic rings. The first-order valence-corrected chi connectivity index (χ1v) is 6.09. The number of benzene rings is 1. The number of fused-ring (bicyclic) bond motifs is 1. The smallest absolute Gasteiger partial charge is 0.204 e. The van der Waals surface area contributed by atoms with Crippen LogP contribution in [0.1, 0.15) is 5.56 Å². The summed E-state index contributed by atoms with van der Waals surface area (Å²) < 4.78 is 28.6.